The van der Waals surface area contributed by atoms with E-state index in [1.807, 2.05) is 30.0 Å². The summed E-state index contributed by atoms with van der Waals surface area (Å²) in [6.07, 6.45) is 6.13. The molecule has 2 N–H and O–H groups in total. The van der Waals surface area contributed by atoms with Crippen LogP contribution in [0.2, 0.25) is 0 Å². The van der Waals surface area contributed by atoms with Gasteiger partial charge in [0.05, 0.1) is 17.8 Å². The molecule has 0 radical (unpaired) electrons. The van der Waals surface area contributed by atoms with Gasteiger partial charge in [0.15, 0.2) is 0 Å². The number of hydrogen-bond donors (Lipinski definition) is 2. The number of aliphatic hydroxyl groups excluding tert-OH is 1. The fourth-order valence-electron chi connectivity index (χ4n) is 4.66. The van der Waals surface area contributed by atoms with Crippen molar-refractivity contribution < 1.29 is 13.9 Å². The summed E-state index contributed by atoms with van der Waals surface area (Å²) in [5, 5.41) is 13.3. The van der Waals surface area contributed by atoms with Crippen LogP contribution in [0.25, 0.3) is 0 Å². The molecule has 2 heterocycles. The predicted octanol–water partition coefficient (Wildman–Crippen LogP) is 4.71. The van der Waals surface area contributed by atoms with Crippen molar-refractivity contribution in [1.82, 2.24) is 5.32 Å². The Balaban J connectivity index is 1.43. The zero-order valence-electron chi connectivity index (χ0n) is 16.7. The van der Waals surface area contributed by atoms with Gasteiger partial charge in [-0.15, -0.1) is 0 Å². The van der Waals surface area contributed by atoms with Crippen LogP contribution in [0.1, 0.15) is 61.7 Å². The molecule has 1 aliphatic carbocycles. The first kappa shape index (κ1) is 19.5. The standard InChI is InChI=1S/C23H31FN2O2/c1-16-6-9-22(28-16)23(18-4-2-3-5-18)25-15-17-7-8-21(20(24)14-17)26-12-10-19(27)11-13-26/h6-9,14,18-19,23,25,27H,2-5,10-13,15H2,1H3/t23-/m0/s1. The Morgan fingerprint density at radius 2 is 1.89 bits per heavy atom. The van der Waals surface area contributed by atoms with Gasteiger partial charge in [-0.05, 0) is 68.4 Å². The Bertz CT molecular complexity index is 777. The van der Waals surface area contributed by atoms with Crippen molar-refractivity contribution in [2.45, 2.75) is 64.1 Å². The second-order valence-corrected chi connectivity index (χ2v) is 8.36. The number of hydrogen-bond acceptors (Lipinski definition) is 4. The first-order chi connectivity index (χ1) is 13.6. The average Bonchev–Trinajstić information content (AvgIpc) is 3.36. The molecule has 1 aromatic heterocycles. The SMILES string of the molecule is Cc1ccc([C@@H](NCc2ccc(N3CCC(O)CC3)c(F)c2)C2CCCC2)o1. The second kappa shape index (κ2) is 8.66. The van der Waals surface area contributed by atoms with Crippen molar-refractivity contribution in [3.8, 4) is 0 Å². The molecule has 0 amide bonds. The van der Waals surface area contributed by atoms with Gasteiger partial charge in [0.25, 0.3) is 0 Å². The summed E-state index contributed by atoms with van der Waals surface area (Å²) in [6, 6.07) is 9.80. The summed E-state index contributed by atoms with van der Waals surface area (Å²) < 4.78 is 20.6. The lowest BCUT2D eigenvalue weighted by molar-refractivity contribution is 0.145. The van der Waals surface area contributed by atoms with Crippen molar-refractivity contribution in [3.05, 3.63) is 53.2 Å². The first-order valence-corrected chi connectivity index (χ1v) is 10.6. The third kappa shape index (κ3) is 4.41. The lowest BCUT2D eigenvalue weighted by atomic mass is 9.95. The van der Waals surface area contributed by atoms with E-state index >= 15 is 0 Å². The lowest BCUT2D eigenvalue weighted by Gasteiger charge is -2.31. The van der Waals surface area contributed by atoms with E-state index in [-0.39, 0.29) is 18.0 Å². The molecule has 152 valence electrons. The minimum atomic E-state index is -0.249. The van der Waals surface area contributed by atoms with Crippen LogP contribution >= 0.6 is 0 Å². The highest BCUT2D eigenvalue weighted by atomic mass is 19.1. The molecule has 4 rings (SSSR count). The van der Waals surface area contributed by atoms with Crippen molar-refractivity contribution in [2.24, 2.45) is 5.92 Å². The molecule has 1 aliphatic heterocycles. The molecule has 2 fully saturated rings. The number of aryl methyl sites for hydroxylation is 1. The molecule has 0 bridgehead atoms. The van der Waals surface area contributed by atoms with Crippen LogP contribution in [-0.2, 0) is 6.54 Å². The topological polar surface area (TPSA) is 48.6 Å². The van der Waals surface area contributed by atoms with Gasteiger partial charge in [0, 0.05) is 19.6 Å². The van der Waals surface area contributed by atoms with Gasteiger partial charge in [-0.2, -0.15) is 0 Å². The normalized spacial score (nSPS) is 20.0. The van der Waals surface area contributed by atoms with Crippen LogP contribution < -0.4 is 10.2 Å². The van der Waals surface area contributed by atoms with Gasteiger partial charge in [-0.1, -0.05) is 18.9 Å². The number of piperidine rings is 1. The van der Waals surface area contributed by atoms with E-state index in [0.29, 0.717) is 44.1 Å². The maximum atomic E-state index is 14.7. The molecule has 0 spiro atoms. The maximum Gasteiger partial charge on any atom is 0.146 e. The van der Waals surface area contributed by atoms with E-state index < -0.39 is 0 Å². The van der Waals surface area contributed by atoms with Crippen LogP contribution in [0, 0.1) is 18.7 Å². The first-order valence-electron chi connectivity index (χ1n) is 10.6. The zero-order valence-corrected chi connectivity index (χ0v) is 16.7. The number of aliphatic hydroxyl groups is 1. The van der Waals surface area contributed by atoms with Crippen LogP contribution in [0.5, 0.6) is 0 Å². The molecular weight excluding hydrogens is 355 g/mol. The highest BCUT2D eigenvalue weighted by Crippen LogP contribution is 2.36. The quantitative estimate of drug-likeness (QED) is 0.755. The predicted molar refractivity (Wildman–Crippen MR) is 109 cm³/mol. The number of nitrogens with zero attached hydrogens (tertiary/aromatic N) is 1. The van der Waals surface area contributed by atoms with Crippen LogP contribution in [-0.4, -0.2) is 24.3 Å². The molecule has 1 aromatic carbocycles. The van der Waals surface area contributed by atoms with Crippen molar-refractivity contribution in [2.75, 3.05) is 18.0 Å². The van der Waals surface area contributed by atoms with Gasteiger partial charge >= 0.3 is 0 Å². The molecule has 2 aliphatic rings. The monoisotopic (exact) mass is 386 g/mol. The Morgan fingerprint density at radius 3 is 2.54 bits per heavy atom. The highest BCUT2D eigenvalue weighted by Gasteiger charge is 2.28. The number of halogens is 1. The number of benzene rings is 1. The summed E-state index contributed by atoms with van der Waals surface area (Å²) in [6.45, 7) is 4.01. The zero-order chi connectivity index (χ0) is 19.5. The summed E-state index contributed by atoms with van der Waals surface area (Å²) in [4.78, 5) is 2.03. The fraction of sp³-hybridized carbons (Fsp3) is 0.565. The van der Waals surface area contributed by atoms with Crippen molar-refractivity contribution in [1.29, 1.82) is 0 Å². The Labute approximate surface area is 166 Å². The van der Waals surface area contributed by atoms with Gasteiger partial charge in [-0.25, -0.2) is 4.39 Å². The summed E-state index contributed by atoms with van der Waals surface area (Å²) >= 11 is 0. The largest absolute Gasteiger partial charge is 0.465 e. The second-order valence-electron chi connectivity index (χ2n) is 8.36. The molecule has 1 saturated heterocycles. The minimum absolute atomic E-state index is 0.179. The van der Waals surface area contributed by atoms with E-state index in [4.69, 9.17) is 4.42 Å². The molecular formula is C23H31FN2O2. The molecule has 1 atom stereocenters. The van der Waals surface area contributed by atoms with Crippen LogP contribution in [0.3, 0.4) is 0 Å². The van der Waals surface area contributed by atoms with E-state index in [1.54, 1.807) is 6.07 Å². The Hall–Kier alpha value is -1.85. The van der Waals surface area contributed by atoms with Crippen molar-refractivity contribution in [3.63, 3.8) is 0 Å². The number of furan rings is 1. The lowest BCUT2D eigenvalue weighted by Crippen LogP contribution is -2.36. The molecule has 0 unspecified atom stereocenters. The van der Waals surface area contributed by atoms with E-state index in [2.05, 4.69) is 11.4 Å². The number of rotatable bonds is 6. The van der Waals surface area contributed by atoms with Gasteiger partial charge in [0.2, 0.25) is 0 Å². The summed E-state index contributed by atoms with van der Waals surface area (Å²) in [5.41, 5.74) is 1.59. The van der Waals surface area contributed by atoms with Crippen LogP contribution in [0.4, 0.5) is 10.1 Å². The molecule has 5 heteroatoms. The van der Waals surface area contributed by atoms with Gasteiger partial charge < -0.3 is 19.7 Å². The molecule has 2 aromatic rings. The summed E-state index contributed by atoms with van der Waals surface area (Å²) in [7, 11) is 0. The third-order valence-electron chi connectivity index (χ3n) is 6.28. The maximum absolute atomic E-state index is 14.7. The van der Waals surface area contributed by atoms with E-state index in [1.165, 1.54) is 25.7 Å². The fourth-order valence-corrected chi connectivity index (χ4v) is 4.66. The van der Waals surface area contributed by atoms with Crippen LogP contribution in [0.15, 0.2) is 34.7 Å². The van der Waals surface area contributed by atoms with Gasteiger partial charge in [-0.3, -0.25) is 0 Å². The summed E-state index contributed by atoms with van der Waals surface area (Å²) in [5.74, 6) is 2.33. The highest BCUT2D eigenvalue weighted by molar-refractivity contribution is 5.49. The van der Waals surface area contributed by atoms with E-state index in [9.17, 15) is 9.50 Å². The number of anilines is 1. The Morgan fingerprint density at radius 1 is 1.14 bits per heavy atom. The smallest absolute Gasteiger partial charge is 0.146 e. The number of nitrogens with one attached hydrogen (secondary N) is 1. The van der Waals surface area contributed by atoms with Gasteiger partial charge in [0.1, 0.15) is 17.3 Å². The minimum Gasteiger partial charge on any atom is -0.465 e. The molecule has 4 nitrogen and oxygen atoms in total. The average molecular weight is 387 g/mol. The van der Waals surface area contributed by atoms with E-state index in [0.717, 1.165) is 17.1 Å². The third-order valence-corrected chi connectivity index (χ3v) is 6.28. The van der Waals surface area contributed by atoms with Crippen molar-refractivity contribution >= 4 is 5.69 Å². The Kier molecular flexibility index (Phi) is 6.02. The molecule has 1 saturated carbocycles. The molecule has 28 heavy (non-hydrogen) atoms.